The normalized spacial score (nSPS) is 15.4. The first kappa shape index (κ1) is 33.7. The summed E-state index contributed by atoms with van der Waals surface area (Å²) in [5.41, 5.74) is 7.91. The summed E-state index contributed by atoms with van der Waals surface area (Å²) in [5, 5.41) is 7.43. The SMILES string of the molecule is CC=C1COCC1=CC(C#Cc1ccc2c3ccc(/C=C/C)cc3n(C)c2c1)=C([C]#[Os])[P+](c1ccccc1)(c1ccccc1)c1ccccc1. The summed E-state index contributed by atoms with van der Waals surface area (Å²) >= 11 is 1.79. The summed E-state index contributed by atoms with van der Waals surface area (Å²) in [4.78, 5) is 0. The van der Waals surface area contributed by atoms with Gasteiger partial charge in [0, 0.05) is 0 Å². The van der Waals surface area contributed by atoms with Crippen LogP contribution in [0, 0.1) is 16.2 Å². The summed E-state index contributed by atoms with van der Waals surface area (Å²) in [6.45, 7) is 5.32. The van der Waals surface area contributed by atoms with Gasteiger partial charge in [0.25, 0.3) is 0 Å². The van der Waals surface area contributed by atoms with Crippen LogP contribution in [0.1, 0.15) is 25.0 Å². The van der Waals surface area contributed by atoms with Gasteiger partial charge < -0.3 is 0 Å². The van der Waals surface area contributed by atoms with Crippen molar-refractivity contribution in [2.75, 3.05) is 13.2 Å². The second-order valence-electron chi connectivity index (χ2n) is 12.3. The molecule has 0 amide bonds. The molecule has 1 aliphatic heterocycles. The van der Waals surface area contributed by atoms with Crippen LogP contribution in [0.15, 0.2) is 168 Å². The molecule has 1 aliphatic rings. The number of ether oxygens (including phenoxy) is 1. The maximum atomic E-state index is 5.97. The van der Waals surface area contributed by atoms with Crippen LogP contribution in [0.2, 0.25) is 0 Å². The Bertz CT molecular complexity index is 2340. The van der Waals surface area contributed by atoms with Crippen molar-refractivity contribution in [2.45, 2.75) is 13.8 Å². The topological polar surface area (TPSA) is 14.2 Å². The van der Waals surface area contributed by atoms with Crippen molar-refractivity contribution in [2.24, 2.45) is 7.05 Å². The van der Waals surface area contributed by atoms with Gasteiger partial charge in [-0.2, -0.15) is 0 Å². The molecule has 50 heavy (non-hydrogen) atoms. The second-order valence-corrected chi connectivity index (χ2v) is 16.3. The molecule has 2 heterocycles. The Morgan fingerprint density at radius 1 is 0.720 bits per heavy atom. The number of nitrogens with zero attached hydrogens (tertiary/aromatic N) is 1. The minimum atomic E-state index is -2.44. The van der Waals surface area contributed by atoms with Gasteiger partial charge in [-0.25, -0.2) is 0 Å². The minimum absolute atomic E-state index is 0.564. The molecule has 245 valence electrons. The molecule has 1 fully saturated rings. The summed E-state index contributed by atoms with van der Waals surface area (Å²) < 4.78 is 12.0. The second kappa shape index (κ2) is 15.0. The van der Waals surface area contributed by atoms with Gasteiger partial charge in [0.05, 0.1) is 0 Å². The van der Waals surface area contributed by atoms with Crippen LogP contribution in [0.3, 0.4) is 0 Å². The van der Waals surface area contributed by atoms with Crippen molar-refractivity contribution in [1.29, 1.82) is 0 Å². The van der Waals surface area contributed by atoms with E-state index in [0.717, 1.165) is 16.5 Å². The molecule has 0 spiro atoms. The van der Waals surface area contributed by atoms with E-state index in [9.17, 15) is 0 Å². The van der Waals surface area contributed by atoms with E-state index in [4.69, 9.17) is 4.74 Å². The third kappa shape index (κ3) is 6.23. The van der Waals surface area contributed by atoms with Crippen LogP contribution in [-0.2, 0) is 29.7 Å². The average Bonchev–Trinajstić information content (AvgIpc) is 3.74. The first-order chi connectivity index (χ1) is 24.6. The van der Waals surface area contributed by atoms with Crippen LogP contribution < -0.4 is 15.9 Å². The monoisotopic (exact) mass is 843 g/mol. The van der Waals surface area contributed by atoms with Gasteiger partial charge in [0.15, 0.2) is 0 Å². The first-order valence-corrected chi connectivity index (χ1v) is 19.9. The number of hydrogen-bond donors (Lipinski definition) is 0. The summed E-state index contributed by atoms with van der Waals surface area (Å²) in [6.07, 6.45) is 8.66. The number of hydrogen-bond acceptors (Lipinski definition) is 1. The Morgan fingerprint density at radius 2 is 1.28 bits per heavy atom. The molecule has 7 rings (SSSR count). The van der Waals surface area contributed by atoms with Gasteiger partial charge in [-0.15, -0.1) is 0 Å². The first-order valence-electron chi connectivity index (χ1n) is 16.9. The van der Waals surface area contributed by atoms with Crippen molar-refractivity contribution >= 4 is 51.1 Å². The van der Waals surface area contributed by atoms with E-state index in [1.165, 1.54) is 54.4 Å². The van der Waals surface area contributed by atoms with E-state index in [1.807, 2.05) is 0 Å². The Hall–Kier alpha value is -4.77. The Balaban J connectivity index is 1.52. The summed E-state index contributed by atoms with van der Waals surface area (Å²) in [7, 11) is -0.298. The molecule has 5 aromatic carbocycles. The van der Waals surface area contributed by atoms with Crippen LogP contribution in [-0.4, -0.2) is 17.8 Å². The molecule has 0 saturated carbocycles. The number of rotatable bonds is 6. The van der Waals surface area contributed by atoms with Crippen LogP contribution >= 0.6 is 7.26 Å². The summed E-state index contributed by atoms with van der Waals surface area (Å²) in [5.74, 6) is 7.37. The van der Waals surface area contributed by atoms with E-state index in [0.29, 0.717) is 13.2 Å². The van der Waals surface area contributed by atoms with Crippen LogP contribution in [0.4, 0.5) is 0 Å². The third-order valence-corrected chi connectivity index (χ3v) is 14.8. The zero-order valence-electron chi connectivity index (χ0n) is 28.5. The standard InChI is InChI=1S/C46H38NOP.Os/c1-5-16-35-24-27-43-44-28-25-36(30-46(44)47(4)45(43)29-35)23-26-38(31-39-33-48-32-37(39)6-2)34(3)49(40-17-10-7-11-18-40,41-19-12-8-13-20-41)42-21-14-9-15-22-42;/h5-22,24-25,27-31H,32-33H2,1-2,4H3;/q+1;/b16-5+,37-6?,38-34?,39-31?;. The van der Waals surface area contributed by atoms with Gasteiger partial charge >= 0.3 is 288 Å². The Morgan fingerprint density at radius 3 is 1.84 bits per heavy atom. The van der Waals surface area contributed by atoms with Crippen LogP contribution in [0.5, 0.6) is 0 Å². The maximum absolute atomic E-state index is 5.97. The zero-order valence-corrected chi connectivity index (χ0v) is 31.9. The van der Waals surface area contributed by atoms with E-state index >= 15 is 0 Å². The fourth-order valence-electron chi connectivity index (χ4n) is 7.01. The van der Waals surface area contributed by atoms with Crippen LogP contribution in [0.25, 0.3) is 27.9 Å². The van der Waals surface area contributed by atoms with Gasteiger partial charge in [-0.1, -0.05) is 12.2 Å². The average molecular weight is 842 g/mol. The molecule has 0 unspecified atom stereocenters. The molecule has 1 saturated heterocycles. The molecule has 0 radical (unpaired) electrons. The zero-order chi connectivity index (χ0) is 34.5. The fourth-order valence-corrected chi connectivity index (χ4v) is 12.8. The number of aryl methyl sites for hydroxylation is 1. The van der Waals surface area contributed by atoms with Crippen molar-refractivity contribution in [3.63, 3.8) is 0 Å². The third-order valence-electron chi connectivity index (χ3n) is 9.43. The molecule has 1 aromatic heterocycles. The van der Waals surface area contributed by atoms with E-state index < -0.39 is 7.26 Å². The predicted molar refractivity (Wildman–Crippen MR) is 211 cm³/mol. The summed E-state index contributed by atoms with van der Waals surface area (Å²) in [6, 6.07) is 46.1. The Kier molecular flexibility index (Phi) is 10.1. The fraction of sp³-hybridized carbons (Fsp3) is 0.109. The van der Waals surface area contributed by atoms with Crippen molar-refractivity contribution < 1.29 is 22.7 Å². The number of benzene rings is 5. The molecule has 0 bridgehead atoms. The van der Waals surface area contributed by atoms with Gasteiger partial charge in [0.1, 0.15) is 0 Å². The van der Waals surface area contributed by atoms with Crippen molar-refractivity contribution in [3.05, 3.63) is 179 Å². The molecule has 4 heteroatoms. The Labute approximate surface area is 305 Å². The molecule has 6 aromatic rings. The van der Waals surface area contributed by atoms with Gasteiger partial charge in [-0.05, 0) is 6.92 Å². The van der Waals surface area contributed by atoms with Crippen molar-refractivity contribution in [1.82, 2.24) is 4.57 Å². The molecule has 0 N–H and O–H groups in total. The molecule has 0 atom stereocenters. The number of fused-ring (bicyclic) bond motifs is 3. The molecule has 0 aliphatic carbocycles. The number of allylic oxidation sites excluding steroid dienone is 5. The molecule has 2 nitrogen and oxygen atoms in total. The van der Waals surface area contributed by atoms with E-state index in [2.05, 4.69) is 193 Å². The predicted octanol–water partition coefficient (Wildman–Crippen LogP) is 9.37. The number of aromatic nitrogens is 1. The van der Waals surface area contributed by atoms with E-state index in [1.54, 1.807) is 17.9 Å². The molecular weight excluding hydrogens is 804 g/mol. The van der Waals surface area contributed by atoms with Gasteiger partial charge in [-0.3, -0.25) is 0 Å². The quantitative estimate of drug-likeness (QED) is 0.121. The van der Waals surface area contributed by atoms with Crippen molar-refractivity contribution in [3.8, 4) is 16.2 Å². The van der Waals surface area contributed by atoms with E-state index in [-0.39, 0.29) is 0 Å². The molecular formula is C46H38NOOsP+. The van der Waals surface area contributed by atoms with Gasteiger partial charge in [0.2, 0.25) is 0 Å².